The van der Waals surface area contributed by atoms with E-state index < -0.39 is 0 Å². The minimum absolute atomic E-state index is 1.08. The van der Waals surface area contributed by atoms with Crippen LogP contribution in [0.2, 0.25) is 0 Å². The molecule has 0 radical (unpaired) electrons. The average Bonchev–Trinajstić information content (AvgIpc) is 3.45. The summed E-state index contributed by atoms with van der Waals surface area (Å²) in [6.45, 7) is 0. The Bertz CT molecular complexity index is 2170. The van der Waals surface area contributed by atoms with E-state index in [0.717, 1.165) is 17.1 Å². The fourth-order valence-corrected chi connectivity index (χ4v) is 7.05. The molecule has 3 heteroatoms. The molecule has 2 nitrogen and oxygen atoms in total. The Morgan fingerprint density at radius 2 is 1.07 bits per heavy atom. The molecule has 2 heterocycles. The molecule has 0 amide bonds. The quantitative estimate of drug-likeness (QED) is 0.210. The first-order chi connectivity index (χ1) is 20.8. The van der Waals surface area contributed by atoms with Crippen LogP contribution in [0.4, 0.5) is 17.1 Å². The first kappa shape index (κ1) is 24.5. The first-order valence-electron chi connectivity index (χ1n) is 14.1. The lowest BCUT2D eigenvalue weighted by molar-refractivity contribution is 1.26. The van der Waals surface area contributed by atoms with Crippen molar-refractivity contribution in [2.45, 2.75) is 0 Å². The van der Waals surface area contributed by atoms with Crippen LogP contribution in [-0.4, -0.2) is 4.98 Å². The van der Waals surface area contributed by atoms with E-state index >= 15 is 0 Å². The molecular weight excluding hydrogens is 529 g/mol. The highest BCUT2D eigenvalue weighted by molar-refractivity contribution is 7.25. The number of hydrogen-bond acceptors (Lipinski definition) is 3. The van der Waals surface area contributed by atoms with Gasteiger partial charge in [0.15, 0.2) is 0 Å². The van der Waals surface area contributed by atoms with E-state index in [2.05, 4.69) is 150 Å². The molecule has 0 unspecified atom stereocenters. The topological polar surface area (TPSA) is 16.1 Å². The zero-order valence-corrected chi connectivity index (χ0v) is 23.6. The molecule has 8 rings (SSSR count). The van der Waals surface area contributed by atoms with E-state index in [-0.39, 0.29) is 0 Å². The number of fused-ring (bicyclic) bond motifs is 4. The zero-order valence-electron chi connectivity index (χ0n) is 22.8. The standard InChI is InChI=1S/C39H26N2S/c1-2-9-27(10-3-1)28-17-21-31(22-18-28)41(36-25-40-26-38-39(36)35-14-6-7-16-37(35)42-38)32-23-19-30(20-24-32)34-15-8-12-29-11-4-5-13-33(29)34/h1-26H. The normalized spacial score (nSPS) is 11.3. The molecule has 0 N–H and O–H groups in total. The van der Waals surface area contributed by atoms with E-state index in [1.807, 2.05) is 12.4 Å². The maximum atomic E-state index is 4.71. The summed E-state index contributed by atoms with van der Waals surface area (Å²) in [5, 5.41) is 5.00. The summed E-state index contributed by atoms with van der Waals surface area (Å²) in [5.41, 5.74) is 8.12. The van der Waals surface area contributed by atoms with E-state index in [4.69, 9.17) is 4.98 Å². The third-order valence-electron chi connectivity index (χ3n) is 7.97. The highest BCUT2D eigenvalue weighted by Gasteiger charge is 2.19. The lowest BCUT2D eigenvalue weighted by atomic mass is 9.98. The molecule has 2 aromatic heterocycles. The highest BCUT2D eigenvalue weighted by atomic mass is 32.1. The lowest BCUT2D eigenvalue weighted by Gasteiger charge is -2.26. The van der Waals surface area contributed by atoms with Crippen LogP contribution in [0.25, 0.3) is 53.2 Å². The number of rotatable bonds is 5. The van der Waals surface area contributed by atoms with Crippen LogP contribution in [-0.2, 0) is 0 Å². The average molecular weight is 555 g/mol. The second kappa shape index (κ2) is 10.3. The Hall–Kier alpha value is -5.25. The number of thiophene rings is 1. The van der Waals surface area contributed by atoms with E-state index in [9.17, 15) is 0 Å². The number of hydrogen-bond donors (Lipinski definition) is 0. The number of benzene rings is 6. The van der Waals surface area contributed by atoms with Gasteiger partial charge in [-0.3, -0.25) is 4.98 Å². The van der Waals surface area contributed by atoms with Crippen molar-refractivity contribution in [1.29, 1.82) is 0 Å². The number of pyridine rings is 1. The van der Waals surface area contributed by atoms with Gasteiger partial charge in [-0.25, -0.2) is 0 Å². The molecule has 0 bridgehead atoms. The molecule has 198 valence electrons. The maximum Gasteiger partial charge on any atom is 0.0738 e. The van der Waals surface area contributed by atoms with Gasteiger partial charge in [0.1, 0.15) is 0 Å². The van der Waals surface area contributed by atoms with Gasteiger partial charge in [0.25, 0.3) is 0 Å². The Kier molecular flexibility index (Phi) is 6.02. The van der Waals surface area contributed by atoms with Crippen LogP contribution < -0.4 is 4.90 Å². The van der Waals surface area contributed by atoms with Gasteiger partial charge in [0.05, 0.1) is 16.6 Å². The second-order valence-electron chi connectivity index (χ2n) is 10.5. The minimum Gasteiger partial charge on any atom is -0.308 e. The largest absolute Gasteiger partial charge is 0.308 e. The molecule has 8 aromatic rings. The van der Waals surface area contributed by atoms with Crippen molar-refractivity contribution in [2.75, 3.05) is 4.90 Å². The van der Waals surface area contributed by atoms with Crippen molar-refractivity contribution in [3.63, 3.8) is 0 Å². The van der Waals surface area contributed by atoms with Crippen LogP contribution in [0.1, 0.15) is 0 Å². The molecule has 0 spiro atoms. The fourth-order valence-electron chi connectivity index (χ4n) is 5.96. The van der Waals surface area contributed by atoms with Gasteiger partial charge in [-0.05, 0) is 63.4 Å². The van der Waals surface area contributed by atoms with Gasteiger partial charge in [-0.15, -0.1) is 11.3 Å². The molecule has 0 atom stereocenters. The Morgan fingerprint density at radius 3 is 1.86 bits per heavy atom. The molecule has 42 heavy (non-hydrogen) atoms. The monoisotopic (exact) mass is 554 g/mol. The van der Waals surface area contributed by atoms with Crippen LogP contribution in [0.5, 0.6) is 0 Å². The molecule has 0 saturated carbocycles. The summed E-state index contributed by atoms with van der Waals surface area (Å²) in [4.78, 5) is 7.06. The van der Waals surface area contributed by atoms with Crippen molar-refractivity contribution in [3.05, 3.63) is 158 Å². The number of anilines is 3. The molecule has 0 aliphatic carbocycles. The van der Waals surface area contributed by atoms with Crippen LogP contribution in [0.15, 0.2) is 158 Å². The number of aromatic nitrogens is 1. The van der Waals surface area contributed by atoms with Gasteiger partial charge in [0.2, 0.25) is 0 Å². The van der Waals surface area contributed by atoms with Crippen LogP contribution in [0, 0.1) is 0 Å². The third-order valence-corrected chi connectivity index (χ3v) is 9.07. The highest BCUT2D eigenvalue weighted by Crippen LogP contribution is 2.44. The third kappa shape index (κ3) is 4.23. The minimum atomic E-state index is 1.08. The van der Waals surface area contributed by atoms with Crippen LogP contribution >= 0.6 is 11.3 Å². The van der Waals surface area contributed by atoms with Gasteiger partial charge >= 0.3 is 0 Å². The molecule has 0 aliphatic rings. The Balaban J connectivity index is 1.29. The number of nitrogens with zero attached hydrogens (tertiary/aromatic N) is 2. The second-order valence-corrected chi connectivity index (χ2v) is 11.5. The van der Waals surface area contributed by atoms with Crippen LogP contribution in [0.3, 0.4) is 0 Å². The van der Waals surface area contributed by atoms with E-state index in [1.165, 1.54) is 53.2 Å². The van der Waals surface area contributed by atoms with Crippen molar-refractivity contribution >= 4 is 59.3 Å². The maximum absolute atomic E-state index is 4.71. The predicted octanol–water partition coefficient (Wildman–Crippen LogP) is 11.4. The van der Waals surface area contributed by atoms with E-state index in [0.29, 0.717) is 0 Å². The molecule has 0 aliphatic heterocycles. The summed E-state index contributed by atoms with van der Waals surface area (Å²) in [6.07, 6.45) is 4.00. The summed E-state index contributed by atoms with van der Waals surface area (Å²) < 4.78 is 2.46. The van der Waals surface area contributed by atoms with Gasteiger partial charge in [-0.2, -0.15) is 0 Å². The van der Waals surface area contributed by atoms with Crippen molar-refractivity contribution in [3.8, 4) is 22.3 Å². The summed E-state index contributed by atoms with van der Waals surface area (Å²) >= 11 is 1.79. The Labute approximate surface area is 248 Å². The first-order valence-corrected chi connectivity index (χ1v) is 14.9. The smallest absolute Gasteiger partial charge is 0.0738 e. The lowest BCUT2D eigenvalue weighted by Crippen LogP contribution is -2.10. The van der Waals surface area contributed by atoms with Gasteiger partial charge in [-0.1, -0.05) is 115 Å². The predicted molar refractivity (Wildman–Crippen MR) is 180 cm³/mol. The molecule has 0 saturated heterocycles. The van der Waals surface area contributed by atoms with Gasteiger partial charge < -0.3 is 4.90 Å². The zero-order chi connectivity index (χ0) is 27.9. The van der Waals surface area contributed by atoms with Gasteiger partial charge in [0, 0.05) is 33.0 Å². The summed E-state index contributed by atoms with van der Waals surface area (Å²) in [6, 6.07) is 52.1. The molecule has 6 aromatic carbocycles. The van der Waals surface area contributed by atoms with Crippen molar-refractivity contribution < 1.29 is 0 Å². The fraction of sp³-hybridized carbons (Fsp3) is 0. The van der Waals surface area contributed by atoms with Crippen molar-refractivity contribution in [2.24, 2.45) is 0 Å². The SMILES string of the molecule is c1ccc(-c2ccc(N(c3ccc(-c4cccc5ccccc45)cc3)c3cncc4sc5ccccc5c34)cc2)cc1. The van der Waals surface area contributed by atoms with Crippen molar-refractivity contribution in [1.82, 2.24) is 4.98 Å². The summed E-state index contributed by atoms with van der Waals surface area (Å²) in [7, 11) is 0. The molecular formula is C39H26N2S. The Morgan fingerprint density at radius 1 is 0.452 bits per heavy atom. The molecule has 0 fully saturated rings. The summed E-state index contributed by atoms with van der Waals surface area (Å²) in [5.74, 6) is 0. The van der Waals surface area contributed by atoms with E-state index in [1.54, 1.807) is 11.3 Å².